The van der Waals surface area contributed by atoms with E-state index < -0.39 is 17.6 Å². The van der Waals surface area contributed by atoms with Gasteiger partial charge in [-0.1, -0.05) is 12.1 Å². The second kappa shape index (κ2) is 2.76. The van der Waals surface area contributed by atoms with Crippen LogP contribution in [0.5, 0.6) is 0 Å². The van der Waals surface area contributed by atoms with E-state index in [9.17, 15) is 13.2 Å². The van der Waals surface area contributed by atoms with Crippen molar-refractivity contribution < 1.29 is 14.5 Å². The van der Waals surface area contributed by atoms with Crippen molar-refractivity contribution in [2.45, 2.75) is 24.9 Å². The first-order chi connectivity index (χ1) is 6.42. The fraction of sp³-hybridized carbons (Fsp3) is 0.400. The summed E-state index contributed by atoms with van der Waals surface area (Å²) in [5, 5.41) is 0. The molecule has 0 spiro atoms. The van der Waals surface area contributed by atoms with Gasteiger partial charge in [-0.05, 0) is 36.4 Å². The molecule has 13 heavy (non-hydrogen) atoms. The molecule has 0 bridgehead atoms. The van der Waals surface area contributed by atoms with Gasteiger partial charge in [0.05, 0.1) is 5.56 Å². The van der Waals surface area contributed by atoms with Crippen molar-refractivity contribution in [3.8, 4) is 0 Å². The quantitative estimate of drug-likeness (QED) is 0.630. The predicted octanol–water partition coefficient (Wildman–Crippen LogP) is 3.58. The first-order valence-electron chi connectivity index (χ1n) is 4.60. The second-order valence-corrected chi connectivity index (χ2v) is 3.18. The first-order valence-corrected chi connectivity index (χ1v) is 4.10. The molecule has 0 aliphatic heterocycles. The summed E-state index contributed by atoms with van der Waals surface area (Å²) < 4.78 is 44.3. The molecule has 0 unspecified atom stereocenters. The third-order valence-corrected chi connectivity index (χ3v) is 2.12. The highest BCUT2D eigenvalue weighted by Crippen LogP contribution is 2.40. The molecule has 0 amide bonds. The molecule has 0 atom stereocenters. The molecule has 70 valence electrons. The lowest BCUT2D eigenvalue weighted by molar-refractivity contribution is -0.137. The monoisotopic (exact) mass is 187 g/mol. The van der Waals surface area contributed by atoms with E-state index in [4.69, 9.17) is 1.37 Å². The zero-order valence-corrected chi connectivity index (χ0v) is 6.86. The molecule has 1 fully saturated rings. The van der Waals surface area contributed by atoms with Crippen LogP contribution in [0.3, 0.4) is 0 Å². The lowest BCUT2D eigenvalue weighted by Gasteiger charge is -2.06. The van der Waals surface area contributed by atoms with E-state index in [-0.39, 0.29) is 0 Å². The van der Waals surface area contributed by atoms with Gasteiger partial charge >= 0.3 is 6.18 Å². The smallest absolute Gasteiger partial charge is 0.166 e. The molecule has 3 heteroatoms. The molecule has 0 N–H and O–H groups in total. The Morgan fingerprint density at radius 2 is 1.69 bits per heavy atom. The summed E-state index contributed by atoms with van der Waals surface area (Å²) in [6.07, 6.45) is -2.78. The van der Waals surface area contributed by atoms with Crippen LogP contribution in [0.1, 0.15) is 31.2 Å². The van der Waals surface area contributed by atoms with Gasteiger partial charge < -0.3 is 0 Å². The Morgan fingerprint density at radius 1 is 1.15 bits per heavy atom. The Bertz CT molecular complexity index is 311. The van der Waals surface area contributed by atoms with Crippen molar-refractivity contribution >= 4 is 0 Å². The maximum atomic E-state index is 12.2. The average molecular weight is 187 g/mol. The molecular weight excluding hydrogens is 177 g/mol. The van der Waals surface area contributed by atoms with E-state index >= 15 is 0 Å². The van der Waals surface area contributed by atoms with E-state index in [2.05, 4.69) is 0 Å². The average Bonchev–Trinajstić information content (AvgIpc) is 2.84. The molecule has 1 aromatic carbocycles. The molecule has 1 saturated carbocycles. The van der Waals surface area contributed by atoms with Gasteiger partial charge in [0.2, 0.25) is 0 Å². The summed E-state index contributed by atoms with van der Waals surface area (Å²) >= 11 is 0. The van der Waals surface area contributed by atoms with Crippen molar-refractivity contribution in [1.82, 2.24) is 0 Å². The van der Waals surface area contributed by atoms with Crippen LogP contribution < -0.4 is 0 Å². The molecule has 0 aromatic heterocycles. The fourth-order valence-corrected chi connectivity index (χ4v) is 1.25. The van der Waals surface area contributed by atoms with Crippen LogP contribution in [0.2, 0.25) is 0 Å². The second-order valence-electron chi connectivity index (χ2n) is 3.18. The summed E-state index contributed by atoms with van der Waals surface area (Å²) in [6.45, 7) is 0. The number of hydrogen-bond acceptors (Lipinski definition) is 0. The van der Waals surface area contributed by atoms with Gasteiger partial charge in [-0.2, -0.15) is 13.2 Å². The topological polar surface area (TPSA) is 0 Å². The van der Waals surface area contributed by atoms with Gasteiger partial charge in [-0.25, -0.2) is 0 Å². The van der Waals surface area contributed by atoms with Crippen LogP contribution >= 0.6 is 0 Å². The van der Waals surface area contributed by atoms with Crippen LogP contribution in [-0.2, 0) is 6.18 Å². The highest BCUT2D eigenvalue weighted by atomic mass is 19.4. The zero-order valence-electron chi connectivity index (χ0n) is 7.86. The number of hydrogen-bond donors (Lipinski definition) is 0. The van der Waals surface area contributed by atoms with Crippen LogP contribution in [0.15, 0.2) is 24.3 Å². The Balaban J connectivity index is 2.27. The van der Waals surface area contributed by atoms with E-state index in [0.717, 1.165) is 25.0 Å². The molecule has 1 aromatic rings. The van der Waals surface area contributed by atoms with Crippen LogP contribution in [0.4, 0.5) is 13.2 Å². The highest BCUT2D eigenvalue weighted by Gasteiger charge is 2.31. The van der Waals surface area contributed by atoms with Crippen LogP contribution in [0, 0.1) is 0 Å². The van der Waals surface area contributed by atoms with Gasteiger partial charge in [-0.3, -0.25) is 0 Å². The van der Waals surface area contributed by atoms with Gasteiger partial charge in [0.1, 0.15) is 0 Å². The van der Waals surface area contributed by atoms with E-state index in [1.54, 1.807) is 0 Å². The van der Waals surface area contributed by atoms with Crippen molar-refractivity contribution in [2.75, 3.05) is 0 Å². The van der Waals surface area contributed by atoms with Crippen molar-refractivity contribution in [1.29, 1.82) is 0 Å². The summed E-state index contributed by atoms with van der Waals surface area (Å²) in [7, 11) is 0. The molecular formula is C10H9F3. The molecule has 0 radical (unpaired) electrons. The highest BCUT2D eigenvalue weighted by molar-refractivity contribution is 5.29. The summed E-state index contributed by atoms with van der Waals surface area (Å²) in [5.74, 6) is -0.607. The molecule has 0 saturated heterocycles. The summed E-state index contributed by atoms with van der Waals surface area (Å²) in [6, 6.07) is 4.90. The lowest BCUT2D eigenvalue weighted by atomic mass is 10.1. The van der Waals surface area contributed by atoms with Crippen LogP contribution in [0.25, 0.3) is 0 Å². The number of benzene rings is 1. The Morgan fingerprint density at radius 3 is 2.08 bits per heavy atom. The summed E-state index contributed by atoms with van der Waals surface area (Å²) in [5.41, 5.74) is 0.0380. The molecule has 0 nitrogen and oxygen atoms in total. The zero-order chi connectivity index (χ0) is 10.4. The third kappa shape index (κ3) is 1.85. The first kappa shape index (κ1) is 7.42. The minimum atomic E-state index is -4.28. The third-order valence-electron chi connectivity index (χ3n) is 2.12. The molecule has 2 rings (SSSR count). The van der Waals surface area contributed by atoms with E-state index in [1.165, 1.54) is 12.1 Å². The minimum Gasteiger partial charge on any atom is -0.166 e. The van der Waals surface area contributed by atoms with E-state index in [0.29, 0.717) is 5.56 Å². The van der Waals surface area contributed by atoms with Crippen molar-refractivity contribution in [3.63, 3.8) is 0 Å². The standard InChI is InChI=1S/C10H9F3/c11-10(12,13)9-5-3-8(4-6-9)7-1-2-7/h3-7H,1-2H2/i7D. The maximum absolute atomic E-state index is 12.2. The van der Waals surface area contributed by atoms with Crippen molar-refractivity contribution in [2.24, 2.45) is 0 Å². The maximum Gasteiger partial charge on any atom is 0.416 e. The SMILES string of the molecule is [2H]C1(c2ccc(C(F)(F)F)cc2)CC1. The minimum absolute atomic E-state index is 0.607. The normalized spacial score (nSPS) is 21.0. The van der Waals surface area contributed by atoms with Crippen LogP contribution in [-0.4, -0.2) is 0 Å². The number of rotatable bonds is 1. The molecule has 1 aliphatic rings. The van der Waals surface area contributed by atoms with Gasteiger partial charge in [-0.15, -0.1) is 0 Å². The Labute approximate surface area is 75.8 Å². The fourth-order valence-electron chi connectivity index (χ4n) is 1.25. The number of halogens is 3. The number of alkyl halides is 3. The van der Waals surface area contributed by atoms with Crippen molar-refractivity contribution in [3.05, 3.63) is 35.4 Å². The van der Waals surface area contributed by atoms with E-state index in [1.807, 2.05) is 0 Å². The Kier molecular flexibility index (Phi) is 1.57. The predicted molar refractivity (Wildman–Crippen MR) is 43.4 cm³/mol. The molecule has 0 heterocycles. The summed E-state index contributed by atoms with van der Waals surface area (Å²) in [4.78, 5) is 0. The van der Waals surface area contributed by atoms with Gasteiger partial charge in [0.25, 0.3) is 0 Å². The van der Waals surface area contributed by atoms with Gasteiger partial charge in [0, 0.05) is 1.37 Å². The lowest BCUT2D eigenvalue weighted by Crippen LogP contribution is -2.04. The molecule has 1 aliphatic carbocycles. The Hall–Kier alpha value is -0.990. The van der Waals surface area contributed by atoms with Gasteiger partial charge in [0.15, 0.2) is 0 Å². The largest absolute Gasteiger partial charge is 0.416 e.